The SMILES string of the molecule is CC(C)[C@H]1C[C@H]2[C@]3(C)CC[C@@]2(C)C(=O)[C@H]1C3. The Labute approximate surface area is 99.0 Å². The van der Waals surface area contributed by atoms with Gasteiger partial charge in [-0.1, -0.05) is 27.7 Å². The summed E-state index contributed by atoms with van der Waals surface area (Å²) in [5.74, 6) is 3.06. The van der Waals surface area contributed by atoms with Crippen LogP contribution in [-0.4, -0.2) is 5.78 Å². The van der Waals surface area contributed by atoms with Crippen molar-refractivity contribution in [1.82, 2.24) is 0 Å². The van der Waals surface area contributed by atoms with Gasteiger partial charge in [-0.2, -0.15) is 0 Å². The molecule has 5 atom stereocenters. The minimum Gasteiger partial charge on any atom is -0.299 e. The van der Waals surface area contributed by atoms with Gasteiger partial charge in [0.1, 0.15) is 5.78 Å². The minimum absolute atomic E-state index is 0.0586. The number of carbonyl (C=O) groups excluding carboxylic acids is 1. The Morgan fingerprint density at radius 2 is 1.94 bits per heavy atom. The van der Waals surface area contributed by atoms with Gasteiger partial charge in [0, 0.05) is 11.3 Å². The Hall–Kier alpha value is -0.330. The molecule has 0 N–H and O–H groups in total. The van der Waals surface area contributed by atoms with Crippen molar-refractivity contribution in [3.8, 4) is 0 Å². The van der Waals surface area contributed by atoms with Crippen LogP contribution in [0.1, 0.15) is 53.4 Å². The van der Waals surface area contributed by atoms with Crippen molar-refractivity contribution in [3.63, 3.8) is 0 Å². The molecule has 0 amide bonds. The van der Waals surface area contributed by atoms with Crippen LogP contribution in [0.2, 0.25) is 0 Å². The number of Topliss-reactive ketones (excluding diaryl/α,β-unsaturated/α-hetero) is 1. The highest BCUT2D eigenvalue weighted by molar-refractivity contribution is 5.90. The fourth-order valence-corrected chi connectivity index (χ4v) is 5.28. The van der Waals surface area contributed by atoms with Crippen LogP contribution in [0.4, 0.5) is 0 Å². The third-order valence-electron chi connectivity index (χ3n) is 6.29. The van der Waals surface area contributed by atoms with E-state index in [1.54, 1.807) is 0 Å². The van der Waals surface area contributed by atoms with Gasteiger partial charge in [0.15, 0.2) is 0 Å². The first-order valence-electron chi connectivity index (χ1n) is 6.93. The van der Waals surface area contributed by atoms with Crippen LogP contribution in [0.15, 0.2) is 0 Å². The first-order valence-corrected chi connectivity index (χ1v) is 6.93. The Morgan fingerprint density at radius 3 is 2.56 bits per heavy atom. The van der Waals surface area contributed by atoms with E-state index >= 15 is 0 Å². The number of hydrogen-bond acceptors (Lipinski definition) is 1. The summed E-state index contributed by atoms with van der Waals surface area (Å²) >= 11 is 0. The van der Waals surface area contributed by atoms with Crippen LogP contribution in [0.3, 0.4) is 0 Å². The van der Waals surface area contributed by atoms with E-state index in [1.807, 2.05) is 0 Å². The van der Waals surface area contributed by atoms with E-state index in [0.717, 1.165) is 6.42 Å². The largest absolute Gasteiger partial charge is 0.299 e. The third kappa shape index (κ3) is 1.05. The molecule has 0 heterocycles. The van der Waals surface area contributed by atoms with Gasteiger partial charge in [-0.3, -0.25) is 4.79 Å². The highest BCUT2D eigenvalue weighted by atomic mass is 16.1. The second-order valence-electron chi connectivity index (χ2n) is 7.44. The maximum absolute atomic E-state index is 12.6. The molecule has 0 radical (unpaired) electrons. The van der Waals surface area contributed by atoms with E-state index in [1.165, 1.54) is 19.3 Å². The topological polar surface area (TPSA) is 17.1 Å². The molecule has 4 aliphatic rings. The second-order valence-corrected chi connectivity index (χ2v) is 7.44. The molecule has 4 rings (SSSR count). The van der Waals surface area contributed by atoms with Crippen LogP contribution in [0, 0.1) is 34.5 Å². The van der Waals surface area contributed by atoms with Crippen LogP contribution in [0.5, 0.6) is 0 Å². The average molecular weight is 220 g/mol. The molecule has 90 valence electrons. The Bertz CT molecular complexity index is 345. The van der Waals surface area contributed by atoms with Gasteiger partial charge in [0.25, 0.3) is 0 Å². The van der Waals surface area contributed by atoms with Crippen molar-refractivity contribution >= 4 is 5.78 Å². The summed E-state index contributed by atoms with van der Waals surface area (Å²) in [6.45, 7) is 9.29. The lowest BCUT2D eigenvalue weighted by molar-refractivity contribution is -0.157. The van der Waals surface area contributed by atoms with Gasteiger partial charge >= 0.3 is 0 Å². The summed E-state index contributed by atoms with van der Waals surface area (Å²) in [4.78, 5) is 12.6. The maximum atomic E-state index is 12.6. The standard InChI is InChI=1S/C15H24O/c1-9(2)10-7-12-14(3)5-6-15(12,4)13(16)11(10)8-14/h9-12H,5-8H2,1-4H3/t10-,11+,12+,14-,15-/m1/s1. The van der Waals surface area contributed by atoms with Crippen molar-refractivity contribution in [3.05, 3.63) is 0 Å². The lowest BCUT2D eigenvalue weighted by atomic mass is 9.47. The van der Waals surface area contributed by atoms with Crippen LogP contribution in [-0.2, 0) is 4.79 Å². The smallest absolute Gasteiger partial charge is 0.142 e. The average Bonchev–Trinajstić information content (AvgIpc) is 2.44. The second kappa shape index (κ2) is 2.91. The quantitative estimate of drug-likeness (QED) is 0.659. The van der Waals surface area contributed by atoms with Crippen molar-refractivity contribution in [2.45, 2.75) is 53.4 Å². The molecule has 0 saturated heterocycles. The lowest BCUT2D eigenvalue weighted by Gasteiger charge is -2.56. The van der Waals surface area contributed by atoms with E-state index in [-0.39, 0.29) is 5.41 Å². The van der Waals surface area contributed by atoms with Gasteiger partial charge in [-0.15, -0.1) is 0 Å². The van der Waals surface area contributed by atoms with E-state index < -0.39 is 0 Å². The number of hydrogen-bond donors (Lipinski definition) is 0. The molecule has 0 aliphatic heterocycles. The van der Waals surface area contributed by atoms with Gasteiger partial charge in [-0.05, 0) is 48.9 Å². The summed E-state index contributed by atoms with van der Waals surface area (Å²) in [5.41, 5.74) is 0.557. The summed E-state index contributed by atoms with van der Waals surface area (Å²) in [5, 5.41) is 0. The number of carbonyl (C=O) groups is 1. The fourth-order valence-electron chi connectivity index (χ4n) is 5.28. The van der Waals surface area contributed by atoms with E-state index in [4.69, 9.17) is 0 Å². The normalized spacial score (nSPS) is 55.1. The molecule has 4 saturated carbocycles. The van der Waals surface area contributed by atoms with Crippen molar-refractivity contribution in [2.24, 2.45) is 34.5 Å². The minimum atomic E-state index is 0.0586. The highest BCUT2D eigenvalue weighted by Crippen LogP contribution is 2.69. The summed E-state index contributed by atoms with van der Waals surface area (Å²) in [6.07, 6.45) is 4.96. The molecule has 1 nitrogen and oxygen atoms in total. The zero-order valence-electron chi connectivity index (χ0n) is 11.0. The van der Waals surface area contributed by atoms with Gasteiger partial charge in [-0.25, -0.2) is 0 Å². The van der Waals surface area contributed by atoms with E-state index in [2.05, 4.69) is 27.7 Å². The molecule has 1 heteroatoms. The monoisotopic (exact) mass is 220 g/mol. The van der Waals surface area contributed by atoms with Crippen LogP contribution < -0.4 is 0 Å². The first-order chi connectivity index (χ1) is 7.38. The number of ketones is 1. The van der Waals surface area contributed by atoms with Crippen molar-refractivity contribution < 1.29 is 4.79 Å². The molecular formula is C15H24O. The highest BCUT2D eigenvalue weighted by Gasteiger charge is 2.66. The lowest BCUT2D eigenvalue weighted by Crippen LogP contribution is -2.56. The first kappa shape index (κ1) is 10.8. The summed E-state index contributed by atoms with van der Waals surface area (Å²) in [6, 6.07) is 0. The zero-order valence-corrected chi connectivity index (χ0v) is 11.0. The third-order valence-corrected chi connectivity index (χ3v) is 6.29. The maximum Gasteiger partial charge on any atom is 0.142 e. The van der Waals surface area contributed by atoms with E-state index in [0.29, 0.717) is 34.9 Å². The Kier molecular flexibility index (Phi) is 1.97. The Morgan fingerprint density at radius 1 is 1.25 bits per heavy atom. The molecule has 16 heavy (non-hydrogen) atoms. The van der Waals surface area contributed by atoms with Crippen LogP contribution >= 0.6 is 0 Å². The van der Waals surface area contributed by atoms with Gasteiger partial charge in [0.05, 0.1) is 0 Å². The van der Waals surface area contributed by atoms with E-state index in [9.17, 15) is 4.79 Å². The van der Waals surface area contributed by atoms with Gasteiger partial charge < -0.3 is 0 Å². The summed E-state index contributed by atoms with van der Waals surface area (Å²) < 4.78 is 0. The molecular weight excluding hydrogens is 196 g/mol. The predicted molar refractivity (Wildman–Crippen MR) is 65.0 cm³/mol. The molecule has 0 aromatic carbocycles. The summed E-state index contributed by atoms with van der Waals surface area (Å²) in [7, 11) is 0. The zero-order chi connectivity index (χ0) is 11.7. The predicted octanol–water partition coefficient (Wildman–Crippen LogP) is 3.67. The molecule has 4 fully saturated rings. The molecule has 0 unspecified atom stereocenters. The van der Waals surface area contributed by atoms with Crippen LogP contribution in [0.25, 0.3) is 0 Å². The Balaban J connectivity index is 2.03. The van der Waals surface area contributed by atoms with Crippen molar-refractivity contribution in [1.29, 1.82) is 0 Å². The molecule has 0 aromatic rings. The molecule has 0 aromatic heterocycles. The fraction of sp³-hybridized carbons (Fsp3) is 0.933. The molecule has 4 aliphatic carbocycles. The number of fused-ring (bicyclic) bond motifs is 1. The van der Waals surface area contributed by atoms with Crippen molar-refractivity contribution in [2.75, 3.05) is 0 Å². The molecule has 0 spiro atoms. The van der Waals surface area contributed by atoms with Gasteiger partial charge in [0.2, 0.25) is 0 Å². The molecule has 4 bridgehead atoms. The number of rotatable bonds is 1.